The van der Waals surface area contributed by atoms with Crippen molar-refractivity contribution < 1.29 is 9.47 Å². The van der Waals surface area contributed by atoms with E-state index in [-0.39, 0.29) is 0 Å². The van der Waals surface area contributed by atoms with Gasteiger partial charge in [0.15, 0.2) is 11.5 Å². The van der Waals surface area contributed by atoms with Gasteiger partial charge in [-0.1, -0.05) is 31.3 Å². The SMILES string of the molecule is COc1ccc(CC2CCN(c3nnc(CC(C)C)s3)C2)cc1OC. The molecule has 1 fully saturated rings. The average molecular weight is 362 g/mol. The number of nitrogens with zero attached hydrogens (tertiary/aromatic N) is 3. The minimum atomic E-state index is 0.622. The van der Waals surface area contributed by atoms with Gasteiger partial charge in [0.1, 0.15) is 5.01 Å². The summed E-state index contributed by atoms with van der Waals surface area (Å²) in [5.74, 6) is 2.84. The van der Waals surface area contributed by atoms with Gasteiger partial charge in [-0.2, -0.15) is 0 Å². The third-order valence-electron chi connectivity index (χ3n) is 4.57. The third kappa shape index (κ3) is 4.42. The molecular formula is C19H27N3O2S. The minimum Gasteiger partial charge on any atom is -0.493 e. The number of rotatable bonds is 7. The first-order chi connectivity index (χ1) is 12.1. The van der Waals surface area contributed by atoms with Gasteiger partial charge in [0.25, 0.3) is 0 Å². The van der Waals surface area contributed by atoms with E-state index in [0.717, 1.165) is 47.6 Å². The summed E-state index contributed by atoms with van der Waals surface area (Å²) in [7, 11) is 3.35. The third-order valence-corrected chi connectivity index (χ3v) is 5.57. The van der Waals surface area contributed by atoms with Gasteiger partial charge in [0.05, 0.1) is 14.2 Å². The Kier molecular flexibility index (Phi) is 5.78. The summed E-state index contributed by atoms with van der Waals surface area (Å²) in [4.78, 5) is 2.38. The second-order valence-corrected chi connectivity index (χ2v) is 8.11. The number of hydrogen-bond donors (Lipinski definition) is 0. The van der Waals surface area contributed by atoms with E-state index >= 15 is 0 Å². The molecule has 0 N–H and O–H groups in total. The van der Waals surface area contributed by atoms with Gasteiger partial charge in [0.2, 0.25) is 5.13 Å². The molecule has 136 valence electrons. The summed E-state index contributed by atoms with van der Waals surface area (Å²) in [6, 6.07) is 6.21. The van der Waals surface area contributed by atoms with Crippen molar-refractivity contribution in [2.75, 3.05) is 32.2 Å². The maximum absolute atomic E-state index is 5.41. The van der Waals surface area contributed by atoms with Crippen LogP contribution in [0.2, 0.25) is 0 Å². The fourth-order valence-electron chi connectivity index (χ4n) is 3.32. The van der Waals surface area contributed by atoms with Gasteiger partial charge in [-0.15, -0.1) is 10.2 Å². The van der Waals surface area contributed by atoms with Gasteiger partial charge in [-0.05, 0) is 42.4 Å². The van der Waals surface area contributed by atoms with Gasteiger partial charge >= 0.3 is 0 Å². The first-order valence-electron chi connectivity index (χ1n) is 8.87. The van der Waals surface area contributed by atoms with E-state index in [0.29, 0.717) is 11.8 Å². The smallest absolute Gasteiger partial charge is 0.208 e. The van der Waals surface area contributed by atoms with E-state index in [1.165, 1.54) is 12.0 Å². The molecule has 6 heteroatoms. The van der Waals surface area contributed by atoms with E-state index < -0.39 is 0 Å². The molecule has 1 aromatic carbocycles. The van der Waals surface area contributed by atoms with Crippen LogP contribution in [-0.2, 0) is 12.8 Å². The lowest BCUT2D eigenvalue weighted by molar-refractivity contribution is 0.354. The fourth-order valence-corrected chi connectivity index (χ4v) is 4.40. The molecule has 0 radical (unpaired) electrons. The number of methoxy groups -OCH3 is 2. The molecule has 1 aliphatic heterocycles. The Hall–Kier alpha value is -1.82. The Balaban J connectivity index is 1.60. The highest BCUT2D eigenvalue weighted by Gasteiger charge is 2.25. The van der Waals surface area contributed by atoms with Crippen molar-refractivity contribution in [1.29, 1.82) is 0 Å². The molecule has 1 aromatic heterocycles. The summed E-state index contributed by atoms with van der Waals surface area (Å²) in [6.07, 6.45) is 3.25. The molecule has 25 heavy (non-hydrogen) atoms. The van der Waals surface area contributed by atoms with Crippen LogP contribution in [0.5, 0.6) is 11.5 Å². The molecule has 1 saturated heterocycles. The molecule has 0 spiro atoms. The Morgan fingerprint density at radius 3 is 2.72 bits per heavy atom. The fraction of sp³-hybridized carbons (Fsp3) is 0.579. The first kappa shape index (κ1) is 18.0. The molecule has 0 saturated carbocycles. The van der Waals surface area contributed by atoms with Crippen LogP contribution in [-0.4, -0.2) is 37.5 Å². The lowest BCUT2D eigenvalue weighted by Crippen LogP contribution is -2.20. The zero-order valence-corrected chi connectivity index (χ0v) is 16.3. The Bertz CT molecular complexity index is 702. The highest BCUT2D eigenvalue weighted by Crippen LogP contribution is 2.32. The number of hydrogen-bond acceptors (Lipinski definition) is 6. The molecular weight excluding hydrogens is 334 g/mol. The van der Waals surface area contributed by atoms with Crippen molar-refractivity contribution in [3.05, 3.63) is 28.8 Å². The lowest BCUT2D eigenvalue weighted by Gasteiger charge is -2.15. The van der Waals surface area contributed by atoms with E-state index in [9.17, 15) is 0 Å². The normalized spacial score (nSPS) is 17.3. The molecule has 1 unspecified atom stereocenters. The maximum atomic E-state index is 5.41. The second-order valence-electron chi connectivity index (χ2n) is 7.07. The van der Waals surface area contributed by atoms with E-state index in [4.69, 9.17) is 9.47 Å². The summed E-state index contributed by atoms with van der Waals surface area (Å²) < 4.78 is 10.7. The van der Waals surface area contributed by atoms with Crippen molar-refractivity contribution in [3.63, 3.8) is 0 Å². The molecule has 3 rings (SSSR count). The average Bonchev–Trinajstić information content (AvgIpc) is 3.23. The van der Waals surface area contributed by atoms with Gasteiger partial charge in [-0.3, -0.25) is 0 Å². The number of benzene rings is 1. The predicted molar refractivity (Wildman–Crippen MR) is 102 cm³/mol. The van der Waals surface area contributed by atoms with Crippen molar-refractivity contribution in [2.24, 2.45) is 11.8 Å². The number of aromatic nitrogens is 2. The zero-order chi connectivity index (χ0) is 17.8. The summed E-state index contributed by atoms with van der Waals surface area (Å²) in [6.45, 7) is 6.55. The van der Waals surface area contributed by atoms with Crippen LogP contribution in [0, 0.1) is 11.8 Å². The number of ether oxygens (including phenoxy) is 2. The van der Waals surface area contributed by atoms with Crippen molar-refractivity contribution in [1.82, 2.24) is 10.2 Å². The molecule has 0 amide bonds. The minimum absolute atomic E-state index is 0.622. The van der Waals surface area contributed by atoms with Crippen LogP contribution in [0.15, 0.2) is 18.2 Å². The van der Waals surface area contributed by atoms with Gasteiger partial charge < -0.3 is 14.4 Å². The first-order valence-corrected chi connectivity index (χ1v) is 9.69. The quantitative estimate of drug-likeness (QED) is 0.750. The molecule has 1 atom stereocenters. The molecule has 0 bridgehead atoms. The molecule has 1 aliphatic rings. The molecule has 0 aliphatic carbocycles. The topological polar surface area (TPSA) is 47.5 Å². The van der Waals surface area contributed by atoms with Gasteiger partial charge in [0, 0.05) is 19.5 Å². The Labute approximate surface area is 154 Å². The van der Waals surface area contributed by atoms with Crippen LogP contribution in [0.25, 0.3) is 0 Å². The standard InChI is InChI=1S/C19H27N3O2S/c1-13(2)9-18-20-21-19(25-18)22-8-7-15(12-22)10-14-5-6-16(23-3)17(11-14)24-4/h5-6,11,13,15H,7-10,12H2,1-4H3. The maximum Gasteiger partial charge on any atom is 0.208 e. The van der Waals surface area contributed by atoms with Gasteiger partial charge in [-0.25, -0.2) is 0 Å². The van der Waals surface area contributed by atoms with Crippen LogP contribution in [0.4, 0.5) is 5.13 Å². The highest BCUT2D eigenvalue weighted by atomic mass is 32.1. The zero-order valence-electron chi connectivity index (χ0n) is 15.5. The number of anilines is 1. The molecule has 5 nitrogen and oxygen atoms in total. The Morgan fingerprint density at radius 1 is 1.20 bits per heavy atom. The Morgan fingerprint density at radius 2 is 2.00 bits per heavy atom. The lowest BCUT2D eigenvalue weighted by atomic mass is 9.98. The second kappa shape index (κ2) is 8.04. The molecule has 2 heterocycles. The van der Waals surface area contributed by atoms with E-state index in [1.54, 1.807) is 25.6 Å². The van der Waals surface area contributed by atoms with Crippen molar-refractivity contribution >= 4 is 16.5 Å². The van der Waals surface area contributed by atoms with Crippen LogP contribution >= 0.6 is 11.3 Å². The van der Waals surface area contributed by atoms with Crippen LogP contribution in [0.1, 0.15) is 30.8 Å². The largest absolute Gasteiger partial charge is 0.493 e. The summed E-state index contributed by atoms with van der Waals surface area (Å²) >= 11 is 1.74. The summed E-state index contributed by atoms with van der Waals surface area (Å²) in [5, 5.41) is 11.0. The highest BCUT2D eigenvalue weighted by molar-refractivity contribution is 7.15. The summed E-state index contributed by atoms with van der Waals surface area (Å²) in [5.41, 5.74) is 1.29. The monoisotopic (exact) mass is 361 g/mol. The van der Waals surface area contributed by atoms with Crippen molar-refractivity contribution in [3.8, 4) is 11.5 Å². The van der Waals surface area contributed by atoms with E-state index in [2.05, 4.69) is 41.1 Å². The van der Waals surface area contributed by atoms with Crippen molar-refractivity contribution in [2.45, 2.75) is 33.1 Å². The molecule has 2 aromatic rings. The van der Waals surface area contributed by atoms with E-state index in [1.807, 2.05) is 6.07 Å². The van der Waals surface area contributed by atoms with Crippen LogP contribution < -0.4 is 14.4 Å². The predicted octanol–water partition coefficient (Wildman–Crippen LogP) is 3.82. The van der Waals surface area contributed by atoms with Crippen LogP contribution in [0.3, 0.4) is 0 Å².